The molecule has 1 fully saturated rings. The van der Waals surface area contributed by atoms with Crippen molar-refractivity contribution < 1.29 is 18.7 Å². The summed E-state index contributed by atoms with van der Waals surface area (Å²) < 4.78 is 18.9. The fourth-order valence-electron chi connectivity index (χ4n) is 3.74. The zero-order valence-electron chi connectivity index (χ0n) is 17.7. The van der Waals surface area contributed by atoms with E-state index in [-0.39, 0.29) is 23.7 Å². The minimum atomic E-state index is -0.372. The monoisotopic (exact) mass is 432 g/mol. The lowest BCUT2D eigenvalue weighted by molar-refractivity contribution is 0.0697. The summed E-state index contributed by atoms with van der Waals surface area (Å²) >= 11 is 0. The summed E-state index contributed by atoms with van der Waals surface area (Å²) in [6.45, 7) is 1.56. The van der Waals surface area contributed by atoms with Crippen molar-refractivity contribution in [3.63, 3.8) is 0 Å². The third-order valence-electron chi connectivity index (χ3n) is 5.55. The van der Waals surface area contributed by atoms with Crippen LogP contribution in [-0.4, -0.2) is 35.8 Å². The van der Waals surface area contributed by atoms with Gasteiger partial charge in [-0.2, -0.15) is 0 Å². The van der Waals surface area contributed by atoms with Crippen molar-refractivity contribution in [2.45, 2.75) is 25.5 Å². The van der Waals surface area contributed by atoms with Gasteiger partial charge in [-0.05, 0) is 60.9 Å². The number of carbonyl (C=O) groups excluding carboxylic acids is 2. The maximum absolute atomic E-state index is 13.0. The Morgan fingerprint density at radius 3 is 2.34 bits per heavy atom. The molecule has 0 spiro atoms. The molecule has 2 amide bonds. The molecule has 1 N–H and O–H groups in total. The normalized spacial score (nSPS) is 14.1. The molecule has 164 valence electrons. The molecule has 0 aromatic heterocycles. The summed E-state index contributed by atoms with van der Waals surface area (Å²) in [5.41, 5.74) is 2.08. The SMILES string of the molecule is O=C(NC1CCN(C(=O)c2cccc(OCc3ccccc3)c2)CC1)c1ccc(F)cc1. The maximum atomic E-state index is 13.0. The average Bonchev–Trinajstić information content (AvgIpc) is 2.84. The first kappa shape index (κ1) is 21.6. The highest BCUT2D eigenvalue weighted by Gasteiger charge is 2.25. The molecule has 3 aromatic rings. The van der Waals surface area contributed by atoms with E-state index >= 15 is 0 Å². The summed E-state index contributed by atoms with van der Waals surface area (Å²) in [7, 11) is 0. The molecule has 0 atom stereocenters. The Bertz CT molecular complexity index is 1060. The second-order valence-corrected chi connectivity index (χ2v) is 7.85. The van der Waals surface area contributed by atoms with E-state index in [0.29, 0.717) is 49.4 Å². The Kier molecular flexibility index (Phi) is 6.80. The van der Waals surface area contributed by atoms with Crippen LogP contribution in [0.4, 0.5) is 4.39 Å². The van der Waals surface area contributed by atoms with Crippen LogP contribution in [0.3, 0.4) is 0 Å². The molecule has 0 bridgehead atoms. The van der Waals surface area contributed by atoms with Gasteiger partial charge >= 0.3 is 0 Å². The standard InChI is InChI=1S/C26H25FN2O3/c27-22-11-9-20(10-12-22)25(30)28-23-13-15-29(16-14-23)26(31)21-7-4-8-24(17-21)32-18-19-5-2-1-3-6-19/h1-12,17,23H,13-16,18H2,(H,28,30). The highest BCUT2D eigenvalue weighted by Crippen LogP contribution is 2.19. The molecule has 4 rings (SSSR count). The van der Waals surface area contributed by atoms with Gasteiger partial charge in [0.25, 0.3) is 11.8 Å². The lowest BCUT2D eigenvalue weighted by atomic mass is 10.0. The highest BCUT2D eigenvalue weighted by atomic mass is 19.1. The van der Waals surface area contributed by atoms with Crippen molar-refractivity contribution in [2.75, 3.05) is 13.1 Å². The molecule has 1 saturated heterocycles. The van der Waals surface area contributed by atoms with E-state index in [0.717, 1.165) is 5.56 Å². The van der Waals surface area contributed by atoms with Crippen molar-refractivity contribution in [3.8, 4) is 5.75 Å². The second-order valence-electron chi connectivity index (χ2n) is 7.85. The Hall–Kier alpha value is -3.67. The van der Waals surface area contributed by atoms with Gasteiger partial charge in [0.1, 0.15) is 18.2 Å². The van der Waals surface area contributed by atoms with Crippen LogP contribution < -0.4 is 10.1 Å². The molecule has 1 aliphatic rings. The molecule has 3 aromatic carbocycles. The van der Waals surface area contributed by atoms with Crippen molar-refractivity contribution >= 4 is 11.8 Å². The number of halogens is 1. The number of rotatable bonds is 6. The maximum Gasteiger partial charge on any atom is 0.253 e. The van der Waals surface area contributed by atoms with Gasteiger partial charge in [-0.15, -0.1) is 0 Å². The van der Waals surface area contributed by atoms with Crippen LogP contribution in [0.1, 0.15) is 39.1 Å². The van der Waals surface area contributed by atoms with Crippen LogP contribution in [0.2, 0.25) is 0 Å². The van der Waals surface area contributed by atoms with Crippen LogP contribution in [0, 0.1) is 5.82 Å². The Morgan fingerprint density at radius 2 is 1.62 bits per heavy atom. The molecule has 32 heavy (non-hydrogen) atoms. The number of likely N-dealkylation sites (tertiary alicyclic amines) is 1. The Labute approximate surface area is 186 Å². The van der Waals surface area contributed by atoms with E-state index in [9.17, 15) is 14.0 Å². The minimum Gasteiger partial charge on any atom is -0.489 e. The van der Waals surface area contributed by atoms with Crippen molar-refractivity contribution in [2.24, 2.45) is 0 Å². The summed E-state index contributed by atoms with van der Waals surface area (Å²) in [6, 6.07) is 22.6. The van der Waals surface area contributed by atoms with Crippen molar-refractivity contribution in [3.05, 3.63) is 101 Å². The van der Waals surface area contributed by atoms with Gasteiger partial charge < -0.3 is 15.0 Å². The van der Waals surface area contributed by atoms with E-state index in [1.54, 1.807) is 17.0 Å². The zero-order valence-corrected chi connectivity index (χ0v) is 17.7. The van der Waals surface area contributed by atoms with Gasteiger partial charge in [0.15, 0.2) is 0 Å². The van der Waals surface area contributed by atoms with Crippen LogP contribution in [0.25, 0.3) is 0 Å². The second kappa shape index (κ2) is 10.1. The lowest BCUT2D eigenvalue weighted by Gasteiger charge is -2.32. The van der Waals surface area contributed by atoms with E-state index in [1.165, 1.54) is 24.3 Å². The molecule has 5 nitrogen and oxygen atoms in total. The summed E-state index contributed by atoms with van der Waals surface area (Å²) in [5, 5.41) is 2.98. The molecule has 6 heteroatoms. The first-order chi connectivity index (χ1) is 15.6. The zero-order chi connectivity index (χ0) is 22.3. The van der Waals surface area contributed by atoms with E-state index < -0.39 is 0 Å². The summed E-state index contributed by atoms with van der Waals surface area (Å²) in [5.74, 6) is 0.0144. The van der Waals surface area contributed by atoms with Crippen LogP contribution >= 0.6 is 0 Å². The first-order valence-corrected chi connectivity index (χ1v) is 10.7. The molecule has 1 heterocycles. The summed E-state index contributed by atoms with van der Waals surface area (Å²) in [6.07, 6.45) is 1.34. The molecule has 0 saturated carbocycles. The average molecular weight is 432 g/mol. The topological polar surface area (TPSA) is 58.6 Å². The number of ether oxygens (including phenoxy) is 1. The van der Waals surface area contributed by atoms with E-state index in [4.69, 9.17) is 4.74 Å². The van der Waals surface area contributed by atoms with Gasteiger partial charge in [-0.1, -0.05) is 36.4 Å². The quantitative estimate of drug-likeness (QED) is 0.627. The molecule has 0 radical (unpaired) electrons. The largest absolute Gasteiger partial charge is 0.489 e. The minimum absolute atomic E-state index is 0.0165. The lowest BCUT2D eigenvalue weighted by Crippen LogP contribution is -2.46. The number of benzene rings is 3. The molecular formula is C26H25FN2O3. The first-order valence-electron chi connectivity index (χ1n) is 10.7. The van der Waals surface area contributed by atoms with E-state index in [1.807, 2.05) is 42.5 Å². The van der Waals surface area contributed by atoms with Gasteiger partial charge in [-0.25, -0.2) is 4.39 Å². The number of hydrogen-bond donors (Lipinski definition) is 1. The number of amides is 2. The predicted molar refractivity (Wildman–Crippen MR) is 120 cm³/mol. The van der Waals surface area contributed by atoms with Crippen LogP contribution in [0.5, 0.6) is 5.75 Å². The van der Waals surface area contributed by atoms with Gasteiger partial charge in [0.05, 0.1) is 0 Å². The Balaban J connectivity index is 1.29. The molecular weight excluding hydrogens is 407 g/mol. The third-order valence-corrected chi connectivity index (χ3v) is 5.55. The van der Waals surface area contributed by atoms with Gasteiger partial charge in [0, 0.05) is 30.3 Å². The number of nitrogens with one attached hydrogen (secondary N) is 1. The molecule has 1 aliphatic heterocycles. The molecule has 0 unspecified atom stereocenters. The number of piperidine rings is 1. The number of hydrogen-bond acceptors (Lipinski definition) is 3. The predicted octanol–water partition coefficient (Wildman–Crippen LogP) is 4.44. The van der Waals surface area contributed by atoms with Crippen molar-refractivity contribution in [1.82, 2.24) is 10.2 Å². The summed E-state index contributed by atoms with van der Waals surface area (Å²) in [4.78, 5) is 27.1. The third kappa shape index (κ3) is 5.52. The number of nitrogens with zero attached hydrogens (tertiary/aromatic N) is 1. The van der Waals surface area contributed by atoms with Crippen LogP contribution in [0.15, 0.2) is 78.9 Å². The molecule has 0 aliphatic carbocycles. The van der Waals surface area contributed by atoms with Gasteiger partial charge in [0.2, 0.25) is 0 Å². The van der Waals surface area contributed by atoms with E-state index in [2.05, 4.69) is 5.32 Å². The highest BCUT2D eigenvalue weighted by molar-refractivity contribution is 5.95. The van der Waals surface area contributed by atoms with Crippen LogP contribution in [-0.2, 0) is 6.61 Å². The Morgan fingerprint density at radius 1 is 0.906 bits per heavy atom. The smallest absolute Gasteiger partial charge is 0.253 e. The fraction of sp³-hybridized carbons (Fsp3) is 0.231. The van der Waals surface area contributed by atoms with Crippen molar-refractivity contribution in [1.29, 1.82) is 0 Å². The number of carbonyl (C=O) groups is 2. The van der Waals surface area contributed by atoms with Gasteiger partial charge in [-0.3, -0.25) is 9.59 Å². The fourth-order valence-corrected chi connectivity index (χ4v) is 3.74.